The molecule has 4 aromatic rings. The number of benzene rings is 2. The quantitative estimate of drug-likeness (QED) is 0.389. The lowest BCUT2D eigenvalue weighted by Gasteiger charge is -2.23. The molecule has 1 N–H and O–H groups in total. The number of thiazole rings is 1. The highest BCUT2D eigenvalue weighted by molar-refractivity contribution is 7.20. The van der Waals surface area contributed by atoms with Gasteiger partial charge in [0.2, 0.25) is 11.0 Å². The number of amides is 1. The van der Waals surface area contributed by atoms with E-state index in [0.29, 0.717) is 22.2 Å². The summed E-state index contributed by atoms with van der Waals surface area (Å²) >= 11 is 1.49. The standard InChI is InChI=1S/C21H17N5O3S/c1-11-7-8-15-17(9-11)30-21(22-15)25-20-19(12(2)24-25)14(10-18(27)23-20)13-5-3-4-6-16(13)26(28)29/h3-9,14H,10H2,1-2H3,(H,23,27)/t14-/m1/s1. The third kappa shape index (κ3) is 2.86. The lowest BCUT2D eigenvalue weighted by Crippen LogP contribution is -2.25. The number of para-hydroxylation sites is 1. The molecule has 0 fully saturated rings. The number of nitro benzene ring substituents is 1. The molecule has 0 saturated carbocycles. The van der Waals surface area contributed by atoms with E-state index in [0.717, 1.165) is 21.3 Å². The zero-order valence-electron chi connectivity index (χ0n) is 16.2. The van der Waals surface area contributed by atoms with E-state index in [-0.39, 0.29) is 18.0 Å². The van der Waals surface area contributed by atoms with Crippen molar-refractivity contribution in [1.82, 2.24) is 14.8 Å². The SMILES string of the molecule is Cc1ccc2nc(-n3nc(C)c4c3NC(=O)C[C@@H]4c3ccccc3[N+](=O)[O-])sc2c1. The number of carbonyl (C=O) groups excluding carboxylic acids is 1. The molecule has 3 heterocycles. The fourth-order valence-corrected chi connectivity index (χ4v) is 5.03. The van der Waals surface area contributed by atoms with Crippen molar-refractivity contribution in [3.8, 4) is 5.13 Å². The summed E-state index contributed by atoms with van der Waals surface area (Å²) in [4.78, 5) is 28.4. The molecular weight excluding hydrogens is 402 g/mol. The van der Waals surface area contributed by atoms with Gasteiger partial charge in [0, 0.05) is 29.5 Å². The third-order valence-electron chi connectivity index (χ3n) is 5.33. The van der Waals surface area contributed by atoms with Gasteiger partial charge < -0.3 is 5.32 Å². The molecule has 0 unspecified atom stereocenters. The Kier molecular flexibility index (Phi) is 4.14. The molecule has 1 aliphatic rings. The summed E-state index contributed by atoms with van der Waals surface area (Å²) in [5.74, 6) is -0.118. The van der Waals surface area contributed by atoms with Gasteiger partial charge >= 0.3 is 0 Å². The van der Waals surface area contributed by atoms with Crippen molar-refractivity contribution >= 4 is 39.0 Å². The normalized spacial score (nSPS) is 15.8. The van der Waals surface area contributed by atoms with Gasteiger partial charge in [-0.15, -0.1) is 0 Å². The topological polar surface area (TPSA) is 103 Å². The summed E-state index contributed by atoms with van der Waals surface area (Å²) in [7, 11) is 0. The average Bonchev–Trinajstić information content (AvgIpc) is 3.27. The van der Waals surface area contributed by atoms with Gasteiger partial charge in [0.15, 0.2) is 0 Å². The molecule has 1 amide bonds. The second kappa shape index (κ2) is 6.74. The lowest BCUT2D eigenvalue weighted by atomic mass is 9.85. The van der Waals surface area contributed by atoms with Crippen LogP contribution in [0.3, 0.4) is 0 Å². The smallest absolute Gasteiger partial charge is 0.273 e. The van der Waals surface area contributed by atoms with Crippen molar-refractivity contribution in [1.29, 1.82) is 0 Å². The number of hydrogen-bond donors (Lipinski definition) is 1. The van der Waals surface area contributed by atoms with E-state index in [1.807, 2.05) is 26.0 Å². The van der Waals surface area contributed by atoms with E-state index >= 15 is 0 Å². The second-order valence-corrected chi connectivity index (χ2v) is 8.36. The largest absolute Gasteiger partial charge is 0.310 e. The number of aryl methyl sites for hydroxylation is 2. The van der Waals surface area contributed by atoms with E-state index in [1.165, 1.54) is 17.4 Å². The van der Waals surface area contributed by atoms with Crippen LogP contribution in [0, 0.1) is 24.0 Å². The first-order chi connectivity index (χ1) is 14.4. The summed E-state index contributed by atoms with van der Waals surface area (Å²) in [6, 6.07) is 12.6. The highest BCUT2D eigenvalue weighted by atomic mass is 32.1. The number of fused-ring (bicyclic) bond motifs is 2. The van der Waals surface area contributed by atoms with Crippen LogP contribution < -0.4 is 5.32 Å². The minimum absolute atomic E-state index is 0.00534. The van der Waals surface area contributed by atoms with Crippen LogP contribution in [0.4, 0.5) is 11.5 Å². The number of nitrogens with one attached hydrogen (secondary N) is 1. The Balaban J connectivity index is 1.69. The number of nitrogens with zero attached hydrogens (tertiary/aromatic N) is 4. The van der Waals surface area contributed by atoms with Crippen molar-refractivity contribution in [2.75, 3.05) is 5.32 Å². The van der Waals surface area contributed by atoms with Crippen molar-refractivity contribution in [3.63, 3.8) is 0 Å². The Morgan fingerprint density at radius 3 is 2.83 bits per heavy atom. The molecule has 8 nitrogen and oxygen atoms in total. The Hall–Kier alpha value is -3.59. The van der Waals surface area contributed by atoms with Crippen molar-refractivity contribution < 1.29 is 9.72 Å². The molecule has 5 rings (SSSR count). The van der Waals surface area contributed by atoms with Crippen molar-refractivity contribution in [3.05, 3.63) is 75.0 Å². The van der Waals surface area contributed by atoms with Crippen LogP contribution in [0.15, 0.2) is 42.5 Å². The highest BCUT2D eigenvalue weighted by Gasteiger charge is 2.36. The molecule has 150 valence electrons. The predicted octanol–water partition coefficient (Wildman–Crippen LogP) is 4.48. The summed E-state index contributed by atoms with van der Waals surface area (Å²) in [5.41, 5.74) is 4.02. The molecule has 0 radical (unpaired) electrons. The van der Waals surface area contributed by atoms with Gasteiger partial charge in [-0.05, 0) is 31.5 Å². The predicted molar refractivity (Wildman–Crippen MR) is 114 cm³/mol. The van der Waals surface area contributed by atoms with Crippen LogP contribution >= 0.6 is 11.3 Å². The Labute approximate surface area is 175 Å². The van der Waals surface area contributed by atoms with E-state index in [1.54, 1.807) is 22.9 Å². The van der Waals surface area contributed by atoms with Gasteiger partial charge in [-0.1, -0.05) is 35.6 Å². The fraction of sp³-hybridized carbons (Fsp3) is 0.190. The molecule has 0 saturated heterocycles. The highest BCUT2D eigenvalue weighted by Crippen LogP contribution is 2.43. The molecule has 0 bridgehead atoms. The van der Waals surface area contributed by atoms with Gasteiger partial charge in [-0.25, -0.2) is 4.98 Å². The number of anilines is 1. The van der Waals surface area contributed by atoms with Crippen LogP contribution in [-0.4, -0.2) is 25.6 Å². The third-order valence-corrected chi connectivity index (χ3v) is 6.32. The first-order valence-electron chi connectivity index (χ1n) is 9.42. The van der Waals surface area contributed by atoms with E-state index in [2.05, 4.69) is 21.5 Å². The monoisotopic (exact) mass is 419 g/mol. The number of nitro groups is 1. The molecule has 9 heteroatoms. The van der Waals surface area contributed by atoms with Gasteiger partial charge in [0.25, 0.3) is 5.69 Å². The van der Waals surface area contributed by atoms with Crippen molar-refractivity contribution in [2.24, 2.45) is 0 Å². The molecule has 1 aliphatic heterocycles. The van der Waals surface area contributed by atoms with Gasteiger partial charge in [-0.2, -0.15) is 9.78 Å². The van der Waals surface area contributed by atoms with Crippen molar-refractivity contribution in [2.45, 2.75) is 26.2 Å². The fourth-order valence-electron chi connectivity index (χ4n) is 4.01. The summed E-state index contributed by atoms with van der Waals surface area (Å²) in [6.45, 7) is 3.88. The van der Waals surface area contributed by atoms with Gasteiger partial charge in [-0.3, -0.25) is 14.9 Å². The van der Waals surface area contributed by atoms with E-state index < -0.39 is 10.8 Å². The zero-order valence-corrected chi connectivity index (χ0v) is 17.1. The van der Waals surface area contributed by atoms with E-state index in [4.69, 9.17) is 0 Å². The van der Waals surface area contributed by atoms with Crippen LogP contribution in [0.25, 0.3) is 15.3 Å². The minimum atomic E-state index is -0.444. The summed E-state index contributed by atoms with van der Waals surface area (Å²) < 4.78 is 2.67. The zero-order chi connectivity index (χ0) is 21.0. The number of rotatable bonds is 3. The molecule has 2 aromatic heterocycles. The Bertz CT molecular complexity index is 1340. The summed E-state index contributed by atoms with van der Waals surface area (Å²) in [5, 5.41) is 19.8. The molecular formula is C21H17N5O3S. The maximum Gasteiger partial charge on any atom is 0.273 e. The average molecular weight is 419 g/mol. The number of carbonyl (C=O) groups is 1. The van der Waals surface area contributed by atoms with Crippen LogP contribution in [0.5, 0.6) is 0 Å². The lowest BCUT2D eigenvalue weighted by molar-refractivity contribution is -0.385. The van der Waals surface area contributed by atoms with Gasteiger partial charge in [0.05, 0.1) is 20.8 Å². The van der Waals surface area contributed by atoms with Crippen LogP contribution in [0.2, 0.25) is 0 Å². The summed E-state index contributed by atoms with van der Waals surface area (Å²) in [6.07, 6.45) is 0.128. The molecule has 0 spiro atoms. The minimum Gasteiger partial charge on any atom is -0.310 e. The Morgan fingerprint density at radius 1 is 1.23 bits per heavy atom. The first kappa shape index (κ1) is 18.4. The maximum absolute atomic E-state index is 12.6. The van der Waals surface area contributed by atoms with Crippen LogP contribution in [0.1, 0.15) is 34.7 Å². The maximum atomic E-state index is 12.6. The van der Waals surface area contributed by atoms with Crippen LogP contribution in [-0.2, 0) is 4.79 Å². The molecule has 1 atom stereocenters. The van der Waals surface area contributed by atoms with E-state index in [9.17, 15) is 14.9 Å². The number of aromatic nitrogens is 3. The first-order valence-corrected chi connectivity index (χ1v) is 10.2. The van der Waals surface area contributed by atoms with Gasteiger partial charge in [0.1, 0.15) is 5.82 Å². The molecule has 2 aromatic carbocycles. The number of hydrogen-bond acceptors (Lipinski definition) is 6. The second-order valence-electron chi connectivity index (χ2n) is 7.35. The molecule has 0 aliphatic carbocycles. The molecule has 30 heavy (non-hydrogen) atoms. The Morgan fingerprint density at radius 2 is 2.03 bits per heavy atom.